The zero-order valence-corrected chi connectivity index (χ0v) is 20.7. The Labute approximate surface area is 206 Å². The predicted molar refractivity (Wildman–Crippen MR) is 134 cm³/mol. The normalized spacial score (nSPS) is 14.9. The molecule has 0 fully saturated rings. The molecular weight excluding hydrogens is 442 g/mol. The van der Waals surface area contributed by atoms with Crippen LogP contribution in [0.25, 0.3) is 11.1 Å². The summed E-state index contributed by atoms with van der Waals surface area (Å²) in [6.07, 6.45) is 3.77. The summed E-state index contributed by atoms with van der Waals surface area (Å²) in [4.78, 5) is 29.9. The van der Waals surface area contributed by atoms with Crippen molar-refractivity contribution in [2.24, 2.45) is 0 Å². The molecule has 0 bridgehead atoms. The van der Waals surface area contributed by atoms with Crippen LogP contribution in [-0.2, 0) is 33.7 Å². The number of methoxy groups -OCH3 is 1. The molecule has 35 heavy (non-hydrogen) atoms. The lowest BCUT2D eigenvalue weighted by Gasteiger charge is -2.24. The van der Waals surface area contributed by atoms with Gasteiger partial charge in [-0.05, 0) is 36.1 Å². The number of hydrogen-bond donors (Lipinski definition) is 1. The minimum atomic E-state index is -0.507. The minimum absolute atomic E-state index is 0.258. The van der Waals surface area contributed by atoms with Gasteiger partial charge >= 0.3 is 11.9 Å². The molecule has 1 aromatic heterocycles. The third-order valence-corrected chi connectivity index (χ3v) is 6.36. The Morgan fingerprint density at radius 3 is 2.60 bits per heavy atom. The van der Waals surface area contributed by atoms with Gasteiger partial charge in [-0.1, -0.05) is 55.8 Å². The number of unbranched alkanes of at least 4 members (excludes halogenated alkanes) is 1. The van der Waals surface area contributed by atoms with Crippen molar-refractivity contribution in [2.75, 3.05) is 20.3 Å². The first-order valence-electron chi connectivity index (χ1n) is 12.3. The van der Waals surface area contributed by atoms with Crippen LogP contribution in [0.3, 0.4) is 0 Å². The summed E-state index contributed by atoms with van der Waals surface area (Å²) in [6.45, 7) is 5.65. The average molecular weight is 476 g/mol. The Hall–Kier alpha value is -3.45. The van der Waals surface area contributed by atoms with Crippen LogP contribution in [0.15, 0.2) is 48.5 Å². The van der Waals surface area contributed by atoms with Crippen LogP contribution in [0, 0.1) is 0 Å². The number of carbonyl (C=O) groups is 2. The van der Waals surface area contributed by atoms with E-state index in [0.29, 0.717) is 25.3 Å². The van der Waals surface area contributed by atoms with E-state index in [9.17, 15) is 9.59 Å². The van der Waals surface area contributed by atoms with E-state index in [1.807, 2.05) is 37.3 Å². The van der Waals surface area contributed by atoms with Crippen molar-refractivity contribution in [2.45, 2.75) is 52.1 Å². The van der Waals surface area contributed by atoms with Crippen molar-refractivity contribution in [1.82, 2.24) is 14.9 Å². The van der Waals surface area contributed by atoms with Gasteiger partial charge in [-0.15, -0.1) is 0 Å². The Balaban J connectivity index is 1.67. The highest BCUT2D eigenvalue weighted by Crippen LogP contribution is 2.29. The highest BCUT2D eigenvalue weighted by atomic mass is 16.5. The molecule has 7 nitrogen and oxygen atoms in total. The lowest BCUT2D eigenvalue weighted by atomic mass is 9.98. The van der Waals surface area contributed by atoms with Gasteiger partial charge < -0.3 is 14.0 Å². The number of fused-ring (bicyclic) bond motifs is 1. The van der Waals surface area contributed by atoms with Gasteiger partial charge in [0.15, 0.2) is 0 Å². The maximum Gasteiger partial charge on any atom is 0.338 e. The summed E-state index contributed by atoms with van der Waals surface area (Å²) in [5.74, 6) is 0.397. The van der Waals surface area contributed by atoms with Crippen LogP contribution >= 0.6 is 0 Å². The fourth-order valence-corrected chi connectivity index (χ4v) is 4.62. The number of benzene rings is 2. The zero-order chi connectivity index (χ0) is 24.8. The van der Waals surface area contributed by atoms with Crippen LogP contribution in [0.4, 0.5) is 0 Å². The van der Waals surface area contributed by atoms with Gasteiger partial charge in [0.1, 0.15) is 11.9 Å². The number of nitrogens with one attached hydrogen (secondary N) is 1. The van der Waals surface area contributed by atoms with Crippen molar-refractivity contribution < 1.29 is 19.1 Å². The Kier molecular flexibility index (Phi) is 7.98. The van der Waals surface area contributed by atoms with E-state index in [-0.39, 0.29) is 11.9 Å². The Bertz CT molecular complexity index is 1180. The molecule has 3 aromatic rings. The van der Waals surface area contributed by atoms with Gasteiger partial charge in [0, 0.05) is 25.9 Å². The van der Waals surface area contributed by atoms with E-state index in [1.165, 1.54) is 7.11 Å². The van der Waals surface area contributed by atoms with E-state index in [4.69, 9.17) is 14.5 Å². The molecule has 0 amide bonds. The van der Waals surface area contributed by atoms with Gasteiger partial charge in [-0.2, -0.15) is 0 Å². The lowest BCUT2D eigenvalue weighted by molar-refractivity contribution is -0.146. The molecule has 0 saturated carbocycles. The monoisotopic (exact) mass is 475 g/mol. The summed E-state index contributed by atoms with van der Waals surface area (Å²) >= 11 is 0. The van der Waals surface area contributed by atoms with E-state index in [2.05, 4.69) is 28.9 Å². The van der Waals surface area contributed by atoms with Crippen LogP contribution in [0.1, 0.15) is 65.9 Å². The second-order valence-corrected chi connectivity index (χ2v) is 8.67. The molecule has 0 saturated heterocycles. The Morgan fingerprint density at radius 1 is 1.11 bits per heavy atom. The molecular formula is C28H33N3O4. The molecule has 1 aliphatic rings. The quantitative estimate of drug-likeness (QED) is 0.460. The molecule has 184 valence electrons. The fraction of sp³-hybridized carbons (Fsp3) is 0.393. The van der Waals surface area contributed by atoms with Crippen molar-refractivity contribution in [3.05, 3.63) is 76.9 Å². The third kappa shape index (κ3) is 5.30. The SMILES string of the molecule is CCCCc1nc2c(n1Cc1ccc(-c3ccccc3C(=O)OC)cc1)C(C(=O)OCC)NCC2. The standard InChI is InChI=1S/C28H33N3O4/c1-4-6-11-24-30-23-16-17-29-25(28(33)35-5-2)26(23)31(24)18-19-12-14-20(15-13-19)21-9-7-8-10-22(21)27(32)34-3/h7-10,12-15,25,29H,4-6,11,16-18H2,1-3H3. The van der Waals surface area contributed by atoms with Crippen LogP contribution in [-0.4, -0.2) is 41.8 Å². The molecule has 2 heterocycles. The summed E-state index contributed by atoms with van der Waals surface area (Å²) in [5, 5.41) is 3.33. The van der Waals surface area contributed by atoms with E-state index in [0.717, 1.165) is 59.6 Å². The number of aryl methyl sites for hydroxylation is 1. The largest absolute Gasteiger partial charge is 0.465 e. The van der Waals surface area contributed by atoms with Crippen molar-refractivity contribution in [3.8, 4) is 11.1 Å². The first kappa shape index (κ1) is 24.7. The van der Waals surface area contributed by atoms with E-state index in [1.54, 1.807) is 6.07 Å². The van der Waals surface area contributed by atoms with E-state index < -0.39 is 6.04 Å². The maximum atomic E-state index is 12.7. The van der Waals surface area contributed by atoms with Crippen molar-refractivity contribution in [1.29, 1.82) is 0 Å². The van der Waals surface area contributed by atoms with Crippen LogP contribution in [0.2, 0.25) is 0 Å². The molecule has 1 atom stereocenters. The second kappa shape index (κ2) is 11.3. The predicted octanol–water partition coefficient (Wildman–Crippen LogP) is 4.48. The van der Waals surface area contributed by atoms with Crippen LogP contribution in [0.5, 0.6) is 0 Å². The topological polar surface area (TPSA) is 82.5 Å². The van der Waals surface area contributed by atoms with E-state index >= 15 is 0 Å². The zero-order valence-electron chi connectivity index (χ0n) is 20.7. The first-order chi connectivity index (χ1) is 17.1. The number of imidazole rings is 1. The average Bonchev–Trinajstić information content (AvgIpc) is 3.24. The maximum absolute atomic E-state index is 12.7. The van der Waals surface area contributed by atoms with Gasteiger partial charge in [0.05, 0.1) is 30.7 Å². The van der Waals surface area contributed by atoms with Crippen LogP contribution < -0.4 is 5.32 Å². The Morgan fingerprint density at radius 2 is 1.89 bits per heavy atom. The second-order valence-electron chi connectivity index (χ2n) is 8.67. The molecule has 1 unspecified atom stereocenters. The molecule has 1 aliphatic heterocycles. The number of carbonyl (C=O) groups excluding carboxylic acids is 2. The number of rotatable bonds is 9. The number of ether oxygens (including phenoxy) is 2. The number of esters is 2. The minimum Gasteiger partial charge on any atom is -0.465 e. The molecule has 1 N–H and O–H groups in total. The lowest BCUT2D eigenvalue weighted by Crippen LogP contribution is -2.37. The third-order valence-electron chi connectivity index (χ3n) is 6.36. The van der Waals surface area contributed by atoms with Gasteiger partial charge in [-0.25, -0.2) is 14.6 Å². The highest BCUT2D eigenvalue weighted by Gasteiger charge is 2.33. The summed E-state index contributed by atoms with van der Waals surface area (Å²) in [6, 6.07) is 15.1. The number of nitrogens with zero attached hydrogens (tertiary/aromatic N) is 2. The van der Waals surface area contributed by atoms with Crippen molar-refractivity contribution >= 4 is 11.9 Å². The van der Waals surface area contributed by atoms with Gasteiger partial charge in [0.2, 0.25) is 0 Å². The summed E-state index contributed by atoms with van der Waals surface area (Å²) in [5.41, 5.74) is 5.31. The first-order valence-corrected chi connectivity index (χ1v) is 12.3. The molecule has 0 radical (unpaired) electrons. The fourth-order valence-electron chi connectivity index (χ4n) is 4.62. The van der Waals surface area contributed by atoms with Gasteiger partial charge in [-0.3, -0.25) is 5.32 Å². The van der Waals surface area contributed by atoms with Gasteiger partial charge in [0.25, 0.3) is 0 Å². The highest BCUT2D eigenvalue weighted by molar-refractivity contribution is 5.97. The molecule has 0 spiro atoms. The smallest absolute Gasteiger partial charge is 0.338 e. The molecule has 7 heteroatoms. The van der Waals surface area contributed by atoms with Crippen molar-refractivity contribution in [3.63, 3.8) is 0 Å². The number of hydrogen-bond acceptors (Lipinski definition) is 6. The molecule has 4 rings (SSSR count). The number of aromatic nitrogens is 2. The summed E-state index contributed by atoms with van der Waals surface area (Å²) < 4.78 is 12.5. The molecule has 0 aliphatic carbocycles. The summed E-state index contributed by atoms with van der Waals surface area (Å²) in [7, 11) is 1.39. The molecule has 2 aromatic carbocycles.